The van der Waals surface area contributed by atoms with Gasteiger partial charge in [0, 0.05) is 11.6 Å². The normalized spacial score (nSPS) is 14.7. The molecule has 0 aliphatic rings. The lowest BCUT2D eigenvalue weighted by atomic mass is 10.0. The van der Waals surface area contributed by atoms with Gasteiger partial charge in [0.1, 0.15) is 5.82 Å². The third-order valence-electron chi connectivity index (χ3n) is 2.18. The minimum Gasteiger partial charge on any atom is -0.324 e. The van der Waals surface area contributed by atoms with Crippen LogP contribution in [0.25, 0.3) is 0 Å². The van der Waals surface area contributed by atoms with Crippen molar-refractivity contribution in [3.63, 3.8) is 0 Å². The van der Waals surface area contributed by atoms with Crippen molar-refractivity contribution >= 4 is 0 Å². The van der Waals surface area contributed by atoms with E-state index in [0.717, 1.165) is 0 Å². The molecule has 0 aromatic heterocycles. The largest absolute Gasteiger partial charge is 0.416 e. The highest BCUT2D eigenvalue weighted by atomic mass is 19.4. The average molecular weight is 275 g/mol. The summed E-state index contributed by atoms with van der Waals surface area (Å²) in [5.74, 6) is -1.40. The predicted octanol–water partition coefficient (Wildman–Crippen LogP) is 3.80. The van der Waals surface area contributed by atoms with E-state index in [9.17, 15) is 30.7 Å². The second-order valence-electron chi connectivity index (χ2n) is 3.66. The van der Waals surface area contributed by atoms with Crippen LogP contribution in [-0.4, -0.2) is 6.18 Å². The zero-order valence-electron chi connectivity index (χ0n) is 8.74. The van der Waals surface area contributed by atoms with Crippen molar-refractivity contribution in [3.8, 4) is 0 Å². The van der Waals surface area contributed by atoms with Gasteiger partial charge in [-0.15, -0.1) is 0 Å². The van der Waals surface area contributed by atoms with Crippen molar-refractivity contribution in [2.24, 2.45) is 5.73 Å². The Bertz CT molecular complexity index is 421. The molecular formula is C10H8F7N. The summed E-state index contributed by atoms with van der Waals surface area (Å²) in [6, 6.07) is -0.485. The summed E-state index contributed by atoms with van der Waals surface area (Å²) in [4.78, 5) is 0. The van der Waals surface area contributed by atoms with E-state index < -0.39 is 41.8 Å². The number of rotatable bonds is 2. The lowest BCUT2D eigenvalue weighted by molar-refractivity contribution is -0.139. The Morgan fingerprint density at radius 3 is 2.00 bits per heavy atom. The van der Waals surface area contributed by atoms with E-state index in [2.05, 4.69) is 0 Å². The Labute approximate surface area is 97.4 Å². The fourth-order valence-corrected chi connectivity index (χ4v) is 1.36. The molecule has 102 valence electrons. The van der Waals surface area contributed by atoms with Crippen LogP contribution >= 0.6 is 0 Å². The fourth-order valence-electron chi connectivity index (χ4n) is 1.36. The van der Waals surface area contributed by atoms with Crippen LogP contribution in [0.1, 0.15) is 23.6 Å². The van der Waals surface area contributed by atoms with Crippen LogP contribution in [0, 0.1) is 5.82 Å². The maximum absolute atomic E-state index is 13.3. The Balaban J connectivity index is 2.99. The van der Waals surface area contributed by atoms with Gasteiger partial charge in [-0.2, -0.15) is 26.3 Å². The van der Waals surface area contributed by atoms with Gasteiger partial charge in [-0.1, -0.05) is 6.07 Å². The number of nitrogens with two attached hydrogens (primary N) is 1. The molecule has 0 aliphatic heterocycles. The molecule has 0 heterocycles. The third-order valence-corrected chi connectivity index (χ3v) is 2.18. The molecule has 0 saturated carbocycles. The van der Waals surface area contributed by atoms with Crippen LogP contribution in [0.5, 0.6) is 0 Å². The van der Waals surface area contributed by atoms with Gasteiger partial charge < -0.3 is 5.73 Å². The Morgan fingerprint density at radius 1 is 1.06 bits per heavy atom. The smallest absolute Gasteiger partial charge is 0.324 e. The lowest BCUT2D eigenvalue weighted by Crippen LogP contribution is -2.21. The average Bonchev–Trinajstić information content (AvgIpc) is 2.12. The quantitative estimate of drug-likeness (QED) is 0.816. The summed E-state index contributed by atoms with van der Waals surface area (Å²) in [6.45, 7) is 0. The molecule has 0 saturated heterocycles. The molecule has 1 rings (SSSR count). The first-order chi connectivity index (χ1) is 8.00. The molecule has 0 aliphatic carbocycles. The highest BCUT2D eigenvalue weighted by Gasteiger charge is 2.34. The molecule has 1 aromatic carbocycles. The van der Waals surface area contributed by atoms with Gasteiger partial charge in [-0.05, 0) is 12.1 Å². The van der Waals surface area contributed by atoms with Crippen molar-refractivity contribution in [2.75, 3.05) is 0 Å². The van der Waals surface area contributed by atoms with Crippen LogP contribution in [0.3, 0.4) is 0 Å². The molecule has 0 bridgehead atoms. The van der Waals surface area contributed by atoms with E-state index in [4.69, 9.17) is 5.73 Å². The molecule has 8 heteroatoms. The zero-order chi connectivity index (χ0) is 14.1. The highest BCUT2D eigenvalue weighted by Crippen LogP contribution is 2.33. The van der Waals surface area contributed by atoms with Gasteiger partial charge in [-0.25, -0.2) is 4.39 Å². The highest BCUT2D eigenvalue weighted by molar-refractivity contribution is 5.28. The van der Waals surface area contributed by atoms with Crippen LogP contribution in [0.4, 0.5) is 30.7 Å². The third kappa shape index (κ3) is 3.86. The van der Waals surface area contributed by atoms with E-state index in [1.54, 1.807) is 0 Å². The Kier molecular flexibility index (Phi) is 3.89. The first kappa shape index (κ1) is 14.7. The van der Waals surface area contributed by atoms with Gasteiger partial charge in [-0.3, -0.25) is 0 Å². The second-order valence-corrected chi connectivity index (χ2v) is 3.66. The molecule has 0 fully saturated rings. The molecule has 1 aromatic rings. The molecule has 0 unspecified atom stereocenters. The van der Waals surface area contributed by atoms with Crippen LogP contribution in [0.2, 0.25) is 0 Å². The molecule has 2 N–H and O–H groups in total. The number of hydrogen-bond acceptors (Lipinski definition) is 1. The maximum Gasteiger partial charge on any atom is 0.416 e. The standard InChI is InChI=1S/C10H8F7N/c11-7-3-5(10(15,16)17)1-2-6(7)8(18)4-9(12,13)14/h1-3,8H,4,18H2/t8-/m0/s1. The van der Waals surface area contributed by atoms with Crippen molar-refractivity contribution in [3.05, 3.63) is 35.1 Å². The van der Waals surface area contributed by atoms with Gasteiger partial charge in [0.25, 0.3) is 0 Å². The van der Waals surface area contributed by atoms with Crippen LogP contribution in [0.15, 0.2) is 18.2 Å². The zero-order valence-corrected chi connectivity index (χ0v) is 8.74. The molecule has 0 amide bonds. The summed E-state index contributed by atoms with van der Waals surface area (Å²) in [5.41, 5.74) is 3.23. The molecule has 18 heavy (non-hydrogen) atoms. The number of alkyl halides is 6. The number of hydrogen-bond donors (Lipinski definition) is 1. The van der Waals surface area contributed by atoms with E-state index in [1.165, 1.54) is 0 Å². The predicted molar refractivity (Wildman–Crippen MR) is 49.0 cm³/mol. The van der Waals surface area contributed by atoms with Gasteiger partial charge in [0.05, 0.1) is 12.0 Å². The summed E-state index contributed by atoms with van der Waals surface area (Å²) in [7, 11) is 0. The number of halogens is 7. The lowest BCUT2D eigenvalue weighted by Gasteiger charge is -2.16. The molecule has 0 spiro atoms. The Hall–Kier alpha value is -1.31. The van der Waals surface area contributed by atoms with Crippen molar-refractivity contribution < 1.29 is 30.7 Å². The van der Waals surface area contributed by atoms with Gasteiger partial charge in [0.15, 0.2) is 0 Å². The molecule has 1 atom stereocenters. The first-order valence-corrected chi connectivity index (χ1v) is 4.69. The summed E-state index contributed by atoms with van der Waals surface area (Å²) in [5, 5.41) is 0. The van der Waals surface area contributed by atoms with Gasteiger partial charge in [0.2, 0.25) is 0 Å². The van der Waals surface area contributed by atoms with E-state index in [1.807, 2.05) is 0 Å². The molecule has 0 radical (unpaired) electrons. The van der Waals surface area contributed by atoms with Gasteiger partial charge >= 0.3 is 12.4 Å². The minimum atomic E-state index is -4.76. The molecule has 1 nitrogen and oxygen atoms in total. The van der Waals surface area contributed by atoms with Crippen molar-refractivity contribution in [1.82, 2.24) is 0 Å². The maximum atomic E-state index is 13.3. The van der Waals surface area contributed by atoms with E-state index >= 15 is 0 Å². The van der Waals surface area contributed by atoms with E-state index in [0.29, 0.717) is 12.1 Å². The topological polar surface area (TPSA) is 26.0 Å². The van der Waals surface area contributed by atoms with Crippen LogP contribution < -0.4 is 5.73 Å². The number of benzene rings is 1. The van der Waals surface area contributed by atoms with E-state index in [-0.39, 0.29) is 6.07 Å². The Morgan fingerprint density at radius 2 is 1.61 bits per heavy atom. The minimum absolute atomic E-state index is 0.131. The monoisotopic (exact) mass is 275 g/mol. The first-order valence-electron chi connectivity index (χ1n) is 4.69. The van der Waals surface area contributed by atoms with Crippen LogP contribution in [-0.2, 0) is 6.18 Å². The summed E-state index contributed by atoms with van der Waals surface area (Å²) >= 11 is 0. The van der Waals surface area contributed by atoms with Crippen molar-refractivity contribution in [1.29, 1.82) is 0 Å². The SMILES string of the molecule is N[C@@H](CC(F)(F)F)c1ccc(C(F)(F)F)cc1F. The van der Waals surface area contributed by atoms with Crippen molar-refractivity contribution in [2.45, 2.75) is 24.8 Å². The summed E-state index contributed by atoms with van der Waals surface area (Å²) in [6.07, 6.45) is -10.9. The summed E-state index contributed by atoms with van der Waals surface area (Å²) < 4.78 is 85.9. The fraction of sp³-hybridized carbons (Fsp3) is 0.400. The second kappa shape index (κ2) is 4.75. The molecular weight excluding hydrogens is 267 g/mol.